The number of carbonyl (C=O) groups excluding carboxylic acids is 3. The molecular formula is C26H27N3O4. The molecule has 2 aromatic rings. The Hall–Kier alpha value is -3.87. The third kappa shape index (κ3) is 5.31. The number of hydrogen-bond acceptors (Lipinski definition) is 4. The van der Waals surface area contributed by atoms with Gasteiger partial charge in [0.15, 0.2) is 0 Å². The molecule has 2 aliphatic rings. The standard InChI is InChI=1S/C26H27N3O4/c1-17-6-8-19(9-7-17)20-5-3-4-18(14-20)15-23-25(31)29(26(32)28-23)16-24(30)27-21-10-12-22(33-2)13-11-21/h3-13,18,23H,14-16H2,1-2H3,(H,27,30)(H,28,32). The maximum Gasteiger partial charge on any atom is 0.325 e. The summed E-state index contributed by atoms with van der Waals surface area (Å²) in [5, 5.41) is 5.43. The number of nitrogens with zero attached hydrogens (tertiary/aromatic N) is 1. The van der Waals surface area contributed by atoms with Crippen molar-refractivity contribution in [3.63, 3.8) is 0 Å². The predicted molar refractivity (Wildman–Crippen MR) is 127 cm³/mol. The summed E-state index contributed by atoms with van der Waals surface area (Å²) in [6.45, 7) is 1.72. The van der Waals surface area contributed by atoms with E-state index in [1.165, 1.54) is 11.1 Å². The molecule has 1 aliphatic heterocycles. The molecule has 1 heterocycles. The number of amides is 4. The molecule has 0 spiro atoms. The summed E-state index contributed by atoms with van der Waals surface area (Å²) in [5.74, 6) is -0.0214. The van der Waals surface area contributed by atoms with Gasteiger partial charge in [0.1, 0.15) is 18.3 Å². The van der Waals surface area contributed by atoms with E-state index >= 15 is 0 Å². The van der Waals surface area contributed by atoms with Crippen LogP contribution in [0.1, 0.15) is 24.0 Å². The van der Waals surface area contributed by atoms with Gasteiger partial charge in [-0.2, -0.15) is 0 Å². The van der Waals surface area contributed by atoms with Gasteiger partial charge in [-0.15, -0.1) is 0 Å². The smallest absolute Gasteiger partial charge is 0.325 e. The van der Waals surface area contributed by atoms with Gasteiger partial charge in [0, 0.05) is 5.69 Å². The molecular weight excluding hydrogens is 418 g/mol. The number of nitrogens with one attached hydrogen (secondary N) is 2. The molecule has 2 N–H and O–H groups in total. The van der Waals surface area contributed by atoms with E-state index in [-0.39, 0.29) is 18.4 Å². The van der Waals surface area contributed by atoms with E-state index in [1.54, 1.807) is 31.4 Å². The third-order valence-electron chi connectivity index (χ3n) is 5.91. The highest BCUT2D eigenvalue weighted by Crippen LogP contribution is 2.31. The van der Waals surface area contributed by atoms with E-state index in [0.717, 1.165) is 16.9 Å². The Kier molecular flexibility index (Phi) is 6.58. The number of urea groups is 1. The molecule has 7 nitrogen and oxygen atoms in total. The zero-order valence-corrected chi connectivity index (χ0v) is 18.7. The van der Waals surface area contributed by atoms with Gasteiger partial charge in [-0.25, -0.2) is 4.79 Å². The number of imide groups is 1. The molecule has 4 rings (SSSR count). The van der Waals surface area contributed by atoms with E-state index in [2.05, 4.69) is 54.0 Å². The monoisotopic (exact) mass is 445 g/mol. The minimum absolute atomic E-state index is 0.119. The van der Waals surface area contributed by atoms with Crippen LogP contribution in [0.25, 0.3) is 5.57 Å². The highest BCUT2D eigenvalue weighted by atomic mass is 16.5. The van der Waals surface area contributed by atoms with Gasteiger partial charge in [0.05, 0.1) is 7.11 Å². The third-order valence-corrected chi connectivity index (χ3v) is 5.91. The number of aryl methyl sites for hydroxylation is 1. The summed E-state index contributed by atoms with van der Waals surface area (Å²) in [5.41, 5.74) is 4.13. The van der Waals surface area contributed by atoms with Crippen LogP contribution in [-0.4, -0.2) is 42.4 Å². The maximum absolute atomic E-state index is 12.9. The number of anilines is 1. The molecule has 1 fully saturated rings. The van der Waals surface area contributed by atoms with Crippen molar-refractivity contribution in [1.82, 2.24) is 10.2 Å². The lowest BCUT2D eigenvalue weighted by molar-refractivity contribution is -0.130. The van der Waals surface area contributed by atoms with Crippen molar-refractivity contribution < 1.29 is 19.1 Å². The molecule has 1 saturated heterocycles. The highest BCUT2D eigenvalue weighted by Gasteiger charge is 2.39. The van der Waals surface area contributed by atoms with Crippen LogP contribution >= 0.6 is 0 Å². The number of methoxy groups -OCH3 is 1. The number of rotatable bonds is 7. The molecule has 0 aromatic heterocycles. The lowest BCUT2D eigenvalue weighted by Gasteiger charge is -2.21. The number of ether oxygens (including phenoxy) is 1. The zero-order chi connectivity index (χ0) is 23.4. The Labute approximate surface area is 193 Å². The topological polar surface area (TPSA) is 87.7 Å². The number of benzene rings is 2. The number of hydrogen-bond donors (Lipinski definition) is 2. The maximum atomic E-state index is 12.9. The molecule has 33 heavy (non-hydrogen) atoms. The van der Waals surface area contributed by atoms with Crippen molar-refractivity contribution in [3.05, 3.63) is 77.9 Å². The van der Waals surface area contributed by atoms with Crippen LogP contribution in [0.2, 0.25) is 0 Å². The minimum Gasteiger partial charge on any atom is -0.497 e. The molecule has 2 aromatic carbocycles. The van der Waals surface area contributed by atoms with E-state index < -0.39 is 18.0 Å². The molecule has 0 saturated carbocycles. The van der Waals surface area contributed by atoms with E-state index in [4.69, 9.17) is 4.74 Å². The van der Waals surface area contributed by atoms with Crippen molar-refractivity contribution >= 4 is 29.1 Å². The molecule has 0 radical (unpaired) electrons. The second-order valence-corrected chi connectivity index (χ2v) is 8.35. The zero-order valence-electron chi connectivity index (χ0n) is 18.7. The molecule has 4 amide bonds. The van der Waals surface area contributed by atoms with Crippen LogP contribution in [0.4, 0.5) is 10.5 Å². The van der Waals surface area contributed by atoms with Crippen molar-refractivity contribution in [2.75, 3.05) is 19.0 Å². The lowest BCUT2D eigenvalue weighted by atomic mass is 9.86. The van der Waals surface area contributed by atoms with Crippen molar-refractivity contribution in [2.45, 2.75) is 25.8 Å². The van der Waals surface area contributed by atoms with E-state index in [9.17, 15) is 14.4 Å². The van der Waals surface area contributed by atoms with Gasteiger partial charge in [-0.3, -0.25) is 14.5 Å². The first-order valence-corrected chi connectivity index (χ1v) is 10.9. The first kappa shape index (κ1) is 22.3. The van der Waals surface area contributed by atoms with Gasteiger partial charge in [0.2, 0.25) is 5.91 Å². The second-order valence-electron chi connectivity index (χ2n) is 8.35. The molecule has 170 valence electrons. The quantitative estimate of drug-likeness (QED) is 0.633. The molecule has 2 atom stereocenters. The Balaban J connectivity index is 1.33. The van der Waals surface area contributed by atoms with E-state index in [1.807, 2.05) is 6.08 Å². The average Bonchev–Trinajstić information content (AvgIpc) is 3.07. The first-order valence-electron chi connectivity index (χ1n) is 10.9. The number of allylic oxidation sites excluding steroid dienone is 4. The lowest BCUT2D eigenvalue weighted by Crippen LogP contribution is -2.38. The average molecular weight is 446 g/mol. The van der Waals surface area contributed by atoms with Crippen LogP contribution in [0.15, 0.2) is 66.8 Å². The normalized spacial score (nSPS) is 19.8. The molecule has 2 unspecified atom stereocenters. The minimum atomic E-state index is -0.640. The Morgan fingerprint density at radius 3 is 2.55 bits per heavy atom. The van der Waals surface area contributed by atoms with Gasteiger partial charge in [-0.05, 0) is 61.1 Å². The summed E-state index contributed by atoms with van der Waals surface area (Å²) < 4.78 is 5.09. The summed E-state index contributed by atoms with van der Waals surface area (Å²) in [6.07, 6.45) is 7.44. The van der Waals surface area contributed by atoms with Crippen molar-refractivity contribution in [3.8, 4) is 5.75 Å². The summed E-state index contributed by atoms with van der Waals surface area (Å²) in [6, 6.07) is 14.0. The largest absolute Gasteiger partial charge is 0.497 e. The van der Waals surface area contributed by atoms with Crippen LogP contribution in [0, 0.1) is 12.8 Å². The fourth-order valence-electron chi connectivity index (χ4n) is 4.10. The summed E-state index contributed by atoms with van der Waals surface area (Å²) in [7, 11) is 1.56. The Morgan fingerprint density at radius 2 is 1.85 bits per heavy atom. The Morgan fingerprint density at radius 1 is 1.12 bits per heavy atom. The van der Waals surface area contributed by atoms with Crippen LogP contribution in [-0.2, 0) is 9.59 Å². The van der Waals surface area contributed by atoms with Crippen LogP contribution < -0.4 is 15.4 Å². The van der Waals surface area contributed by atoms with Gasteiger partial charge >= 0.3 is 6.03 Å². The summed E-state index contributed by atoms with van der Waals surface area (Å²) in [4.78, 5) is 38.6. The van der Waals surface area contributed by atoms with E-state index in [0.29, 0.717) is 17.9 Å². The second kappa shape index (κ2) is 9.73. The fourth-order valence-corrected chi connectivity index (χ4v) is 4.10. The molecule has 0 bridgehead atoms. The SMILES string of the molecule is COc1ccc(NC(=O)CN2C(=O)NC(CC3C=CC=C(c4ccc(C)cc4)C3)C2=O)cc1. The first-order chi connectivity index (χ1) is 15.9. The van der Waals surface area contributed by atoms with Crippen molar-refractivity contribution in [1.29, 1.82) is 0 Å². The van der Waals surface area contributed by atoms with Crippen LogP contribution in [0.3, 0.4) is 0 Å². The van der Waals surface area contributed by atoms with Gasteiger partial charge < -0.3 is 15.4 Å². The van der Waals surface area contributed by atoms with Crippen LogP contribution in [0.5, 0.6) is 5.75 Å². The molecule has 1 aliphatic carbocycles. The van der Waals surface area contributed by atoms with Gasteiger partial charge in [-0.1, -0.05) is 48.1 Å². The number of carbonyl (C=O) groups is 3. The highest BCUT2D eigenvalue weighted by molar-refractivity contribution is 6.07. The Bertz CT molecular complexity index is 1100. The predicted octanol–water partition coefficient (Wildman–Crippen LogP) is 3.91. The van der Waals surface area contributed by atoms with Crippen molar-refractivity contribution in [2.24, 2.45) is 5.92 Å². The molecule has 7 heteroatoms. The summed E-state index contributed by atoms with van der Waals surface area (Å²) >= 11 is 0. The van der Waals surface area contributed by atoms with Gasteiger partial charge in [0.25, 0.3) is 5.91 Å². The fraction of sp³-hybridized carbons (Fsp3) is 0.269.